The maximum atomic E-state index is 12.0. The maximum Gasteiger partial charge on any atom is 0.329 e. The molecule has 4 N–H and O–H groups in total. The van der Waals surface area contributed by atoms with E-state index in [9.17, 15) is 13.2 Å². The Balaban J connectivity index is 2.96. The molecule has 1 rings (SSSR count). The Morgan fingerprint density at radius 2 is 1.84 bits per heavy atom. The highest BCUT2D eigenvalue weighted by Crippen LogP contribution is 2.19. The molecule has 7 heteroatoms. The number of urea groups is 1. The van der Waals surface area contributed by atoms with Crippen molar-refractivity contribution in [2.75, 3.05) is 5.73 Å². The molecule has 0 aromatic heterocycles. The lowest BCUT2D eigenvalue weighted by atomic mass is 10.1. The molecule has 0 bridgehead atoms. The van der Waals surface area contributed by atoms with Gasteiger partial charge in [-0.15, -0.1) is 0 Å². The second-order valence-electron chi connectivity index (χ2n) is 5.35. The summed E-state index contributed by atoms with van der Waals surface area (Å²) >= 11 is 0. The van der Waals surface area contributed by atoms with Gasteiger partial charge in [0.2, 0.25) is 0 Å². The predicted octanol–water partition coefficient (Wildman–Crippen LogP) is 1.36. The molecule has 0 aliphatic carbocycles. The summed E-state index contributed by atoms with van der Waals surface area (Å²) in [5.74, 6) is 0. The molecule has 0 saturated heterocycles. The van der Waals surface area contributed by atoms with E-state index in [2.05, 4.69) is 5.32 Å². The molecule has 0 fully saturated rings. The standard InChI is InChI=1S/C12H19N3O3S/c1-8-5-6-10(9(13)7-8)19(17,18)15-11(16)14-12(2,3)4/h5-7H,13H2,1-4H3,(H2,14,15,16). The lowest BCUT2D eigenvalue weighted by Crippen LogP contribution is -2.48. The number of nitrogens with two attached hydrogens (primary N) is 1. The van der Waals surface area contributed by atoms with Gasteiger partial charge in [-0.2, -0.15) is 0 Å². The number of sulfonamides is 1. The van der Waals surface area contributed by atoms with E-state index in [4.69, 9.17) is 5.73 Å². The monoisotopic (exact) mass is 285 g/mol. The van der Waals surface area contributed by atoms with Crippen molar-refractivity contribution in [1.82, 2.24) is 10.0 Å². The molecule has 0 radical (unpaired) electrons. The minimum absolute atomic E-state index is 0.107. The van der Waals surface area contributed by atoms with Crippen LogP contribution in [-0.4, -0.2) is 20.0 Å². The molecule has 0 spiro atoms. The van der Waals surface area contributed by atoms with Crippen LogP contribution in [0.2, 0.25) is 0 Å². The molecule has 1 aromatic rings. The average molecular weight is 285 g/mol. The molecule has 6 nitrogen and oxygen atoms in total. The maximum absolute atomic E-state index is 12.0. The number of hydrogen-bond acceptors (Lipinski definition) is 4. The normalized spacial score (nSPS) is 12.0. The lowest BCUT2D eigenvalue weighted by molar-refractivity contribution is 0.237. The van der Waals surface area contributed by atoms with Crippen LogP contribution in [0, 0.1) is 6.92 Å². The van der Waals surface area contributed by atoms with Gasteiger partial charge in [-0.25, -0.2) is 17.9 Å². The summed E-state index contributed by atoms with van der Waals surface area (Å²) in [6.45, 7) is 7.05. The lowest BCUT2D eigenvalue weighted by Gasteiger charge is -2.20. The van der Waals surface area contributed by atoms with Crippen LogP contribution in [0.1, 0.15) is 26.3 Å². The van der Waals surface area contributed by atoms with Gasteiger partial charge in [0.05, 0.1) is 5.69 Å². The van der Waals surface area contributed by atoms with Crippen LogP contribution < -0.4 is 15.8 Å². The largest absolute Gasteiger partial charge is 0.398 e. The van der Waals surface area contributed by atoms with E-state index in [0.29, 0.717) is 0 Å². The number of aryl methyl sites for hydroxylation is 1. The number of anilines is 1. The fourth-order valence-electron chi connectivity index (χ4n) is 1.46. The first-order chi connectivity index (χ1) is 8.51. The number of nitrogen functional groups attached to an aromatic ring is 1. The SMILES string of the molecule is Cc1ccc(S(=O)(=O)NC(=O)NC(C)(C)C)c(N)c1. The highest BCUT2D eigenvalue weighted by molar-refractivity contribution is 7.90. The smallest absolute Gasteiger partial charge is 0.329 e. The van der Waals surface area contributed by atoms with Crippen LogP contribution >= 0.6 is 0 Å². The van der Waals surface area contributed by atoms with Crippen molar-refractivity contribution in [1.29, 1.82) is 0 Å². The summed E-state index contributed by atoms with van der Waals surface area (Å²) in [4.78, 5) is 11.5. The van der Waals surface area contributed by atoms with E-state index in [1.54, 1.807) is 33.8 Å². The summed E-state index contributed by atoms with van der Waals surface area (Å²) in [6.07, 6.45) is 0. The zero-order valence-electron chi connectivity index (χ0n) is 11.4. The van der Waals surface area contributed by atoms with E-state index >= 15 is 0 Å². The van der Waals surface area contributed by atoms with Crippen molar-refractivity contribution in [2.24, 2.45) is 0 Å². The van der Waals surface area contributed by atoms with Gasteiger partial charge in [0.1, 0.15) is 4.90 Å². The summed E-state index contributed by atoms with van der Waals surface area (Å²) in [5, 5.41) is 2.51. The Bertz CT molecular complexity index is 589. The number of rotatable bonds is 2. The van der Waals surface area contributed by atoms with E-state index in [0.717, 1.165) is 5.56 Å². The van der Waals surface area contributed by atoms with E-state index in [1.165, 1.54) is 12.1 Å². The summed E-state index contributed by atoms with van der Waals surface area (Å²) in [5.41, 5.74) is 6.08. The van der Waals surface area contributed by atoms with Gasteiger partial charge >= 0.3 is 6.03 Å². The van der Waals surface area contributed by atoms with Crippen LogP contribution in [0.25, 0.3) is 0 Å². The number of hydrogen-bond donors (Lipinski definition) is 3. The Morgan fingerprint density at radius 1 is 1.26 bits per heavy atom. The molecule has 19 heavy (non-hydrogen) atoms. The molecule has 0 aliphatic rings. The number of carbonyl (C=O) groups excluding carboxylic acids is 1. The van der Waals surface area contributed by atoms with Crippen molar-refractivity contribution in [3.63, 3.8) is 0 Å². The minimum Gasteiger partial charge on any atom is -0.398 e. The topological polar surface area (TPSA) is 101 Å². The number of benzene rings is 1. The third-order valence-corrected chi connectivity index (χ3v) is 3.58. The van der Waals surface area contributed by atoms with Gasteiger partial charge in [0.25, 0.3) is 10.0 Å². The molecule has 106 valence electrons. The van der Waals surface area contributed by atoms with E-state index in [1.807, 2.05) is 4.72 Å². The number of carbonyl (C=O) groups is 1. The molecule has 0 aliphatic heterocycles. The first-order valence-electron chi connectivity index (χ1n) is 5.72. The quantitative estimate of drug-likeness (QED) is 0.714. The second kappa shape index (κ2) is 5.08. The highest BCUT2D eigenvalue weighted by Gasteiger charge is 2.22. The Morgan fingerprint density at radius 3 is 2.32 bits per heavy atom. The molecular formula is C12H19N3O3S. The third-order valence-electron chi connectivity index (χ3n) is 2.17. The van der Waals surface area contributed by atoms with Crippen molar-refractivity contribution < 1.29 is 13.2 Å². The Hall–Kier alpha value is -1.76. The fourth-order valence-corrected chi connectivity index (χ4v) is 2.48. The van der Waals surface area contributed by atoms with Crippen molar-refractivity contribution in [3.8, 4) is 0 Å². The molecule has 0 unspecified atom stereocenters. The Labute approximate surface area is 113 Å². The van der Waals surface area contributed by atoms with Gasteiger partial charge in [0.15, 0.2) is 0 Å². The van der Waals surface area contributed by atoms with Crippen molar-refractivity contribution in [3.05, 3.63) is 23.8 Å². The zero-order chi connectivity index (χ0) is 14.8. The van der Waals surface area contributed by atoms with Gasteiger partial charge in [0, 0.05) is 5.54 Å². The second-order valence-corrected chi connectivity index (χ2v) is 7.00. The van der Waals surface area contributed by atoms with Crippen LogP contribution in [0.4, 0.5) is 10.5 Å². The van der Waals surface area contributed by atoms with Crippen LogP contribution in [0.3, 0.4) is 0 Å². The summed E-state index contributed by atoms with van der Waals surface area (Å²) in [7, 11) is -3.97. The highest BCUT2D eigenvalue weighted by atomic mass is 32.2. The molecule has 1 aromatic carbocycles. The first kappa shape index (κ1) is 15.3. The van der Waals surface area contributed by atoms with Gasteiger partial charge < -0.3 is 11.1 Å². The molecule has 2 amide bonds. The number of nitrogens with one attached hydrogen (secondary N) is 2. The van der Waals surface area contributed by atoms with Gasteiger partial charge in [-0.3, -0.25) is 0 Å². The molecular weight excluding hydrogens is 266 g/mol. The van der Waals surface area contributed by atoms with Crippen LogP contribution in [-0.2, 0) is 10.0 Å². The fraction of sp³-hybridized carbons (Fsp3) is 0.417. The van der Waals surface area contributed by atoms with E-state index < -0.39 is 21.6 Å². The van der Waals surface area contributed by atoms with Crippen LogP contribution in [0.15, 0.2) is 23.1 Å². The third kappa shape index (κ3) is 4.44. The number of amides is 2. The van der Waals surface area contributed by atoms with E-state index in [-0.39, 0.29) is 10.6 Å². The average Bonchev–Trinajstić information content (AvgIpc) is 2.11. The molecule has 0 heterocycles. The van der Waals surface area contributed by atoms with Gasteiger partial charge in [-0.05, 0) is 45.4 Å². The predicted molar refractivity (Wildman–Crippen MR) is 74.2 cm³/mol. The Kier molecular flexibility index (Phi) is 4.09. The molecule has 0 atom stereocenters. The summed E-state index contributed by atoms with van der Waals surface area (Å²) in [6, 6.07) is 3.74. The van der Waals surface area contributed by atoms with Crippen molar-refractivity contribution in [2.45, 2.75) is 38.1 Å². The first-order valence-corrected chi connectivity index (χ1v) is 7.21. The summed E-state index contributed by atoms with van der Waals surface area (Å²) < 4.78 is 25.9. The van der Waals surface area contributed by atoms with Crippen LogP contribution in [0.5, 0.6) is 0 Å². The van der Waals surface area contributed by atoms with Gasteiger partial charge in [-0.1, -0.05) is 6.07 Å². The zero-order valence-corrected chi connectivity index (χ0v) is 12.3. The van der Waals surface area contributed by atoms with Crippen molar-refractivity contribution >= 4 is 21.7 Å². The minimum atomic E-state index is -3.97. The molecule has 0 saturated carbocycles.